The topological polar surface area (TPSA) is 83.1 Å². The van der Waals surface area contributed by atoms with Crippen LogP contribution in [0.25, 0.3) is 0 Å². The second-order valence-electron chi connectivity index (χ2n) is 7.02. The molecule has 1 aromatic heterocycles. The van der Waals surface area contributed by atoms with Crippen molar-refractivity contribution in [2.75, 3.05) is 19.0 Å². The van der Waals surface area contributed by atoms with Gasteiger partial charge in [-0.15, -0.1) is 0 Å². The Kier molecular flexibility index (Phi) is 5.12. The number of carbonyl (C=O) groups excluding carboxylic acids is 1. The van der Waals surface area contributed by atoms with Gasteiger partial charge in [-0.3, -0.25) is 18.7 Å². The molecule has 28 heavy (non-hydrogen) atoms. The van der Waals surface area contributed by atoms with E-state index in [2.05, 4.69) is 5.10 Å². The summed E-state index contributed by atoms with van der Waals surface area (Å²) in [6, 6.07) is 7.47. The minimum atomic E-state index is -0.438. The van der Waals surface area contributed by atoms with Crippen LogP contribution in [-0.4, -0.2) is 45.0 Å². The number of amides is 1. The average Bonchev–Trinajstić information content (AvgIpc) is 3.10. The third kappa shape index (κ3) is 3.22. The first-order valence-corrected chi connectivity index (χ1v) is 9.18. The van der Waals surface area contributed by atoms with Crippen LogP contribution in [0.1, 0.15) is 30.5 Å². The number of carbonyl (C=O) groups is 1. The molecule has 1 N–H and O–H groups in total. The SMILES string of the molecule is CC(=O)N1N=C(c2c(O)n(C)c(=S)n(C)c2=O)C[C@H]1c1ccc(N(C)C)cc1. The van der Waals surface area contributed by atoms with Crippen molar-refractivity contribution in [2.24, 2.45) is 19.2 Å². The van der Waals surface area contributed by atoms with E-state index < -0.39 is 5.56 Å². The van der Waals surface area contributed by atoms with E-state index in [0.717, 1.165) is 11.3 Å². The number of hydrazone groups is 1. The van der Waals surface area contributed by atoms with Crippen LogP contribution in [0.4, 0.5) is 5.69 Å². The number of hydrogen-bond acceptors (Lipinski definition) is 6. The fraction of sp³-hybridized carbons (Fsp3) is 0.368. The van der Waals surface area contributed by atoms with Crippen LogP contribution in [0, 0.1) is 4.77 Å². The number of hydrogen-bond donors (Lipinski definition) is 1. The Balaban J connectivity index is 2.07. The maximum Gasteiger partial charge on any atom is 0.267 e. The van der Waals surface area contributed by atoms with Gasteiger partial charge in [0.2, 0.25) is 11.8 Å². The van der Waals surface area contributed by atoms with Crippen molar-refractivity contribution in [3.05, 3.63) is 50.5 Å². The third-order valence-corrected chi connectivity index (χ3v) is 5.50. The number of benzene rings is 1. The lowest BCUT2D eigenvalue weighted by molar-refractivity contribution is -0.130. The molecule has 0 bridgehead atoms. The quantitative estimate of drug-likeness (QED) is 0.795. The average molecular weight is 401 g/mol. The maximum absolute atomic E-state index is 12.7. The minimum Gasteiger partial charge on any atom is -0.494 e. The summed E-state index contributed by atoms with van der Waals surface area (Å²) in [7, 11) is 7.03. The molecule has 0 radical (unpaired) electrons. The van der Waals surface area contributed by atoms with Gasteiger partial charge in [0.25, 0.3) is 5.56 Å². The molecule has 1 atom stereocenters. The maximum atomic E-state index is 12.7. The van der Waals surface area contributed by atoms with E-state index in [1.807, 2.05) is 43.3 Å². The van der Waals surface area contributed by atoms with Crippen LogP contribution in [0.3, 0.4) is 0 Å². The zero-order valence-corrected chi connectivity index (χ0v) is 17.3. The lowest BCUT2D eigenvalue weighted by Gasteiger charge is -2.21. The molecule has 2 heterocycles. The predicted molar refractivity (Wildman–Crippen MR) is 110 cm³/mol. The Morgan fingerprint density at radius 1 is 1.21 bits per heavy atom. The van der Waals surface area contributed by atoms with Crippen molar-refractivity contribution in [1.82, 2.24) is 14.1 Å². The number of rotatable bonds is 3. The lowest BCUT2D eigenvalue weighted by atomic mass is 9.99. The van der Waals surface area contributed by atoms with E-state index in [1.54, 1.807) is 14.1 Å². The van der Waals surface area contributed by atoms with Crippen molar-refractivity contribution in [3.8, 4) is 5.88 Å². The van der Waals surface area contributed by atoms with Crippen LogP contribution in [-0.2, 0) is 18.9 Å². The molecule has 0 spiro atoms. The smallest absolute Gasteiger partial charge is 0.267 e. The molecule has 1 aliphatic heterocycles. The van der Waals surface area contributed by atoms with Crippen LogP contribution in [0.5, 0.6) is 5.88 Å². The van der Waals surface area contributed by atoms with Gasteiger partial charge < -0.3 is 10.0 Å². The molecule has 2 aromatic rings. The molecule has 0 unspecified atom stereocenters. The van der Waals surface area contributed by atoms with Crippen LogP contribution < -0.4 is 10.5 Å². The van der Waals surface area contributed by atoms with E-state index in [9.17, 15) is 14.7 Å². The highest BCUT2D eigenvalue weighted by Gasteiger charge is 2.34. The molecule has 1 aromatic carbocycles. The summed E-state index contributed by atoms with van der Waals surface area (Å²) in [5.74, 6) is -0.490. The third-order valence-electron chi connectivity index (χ3n) is 4.95. The Hall–Kier alpha value is -2.94. The fourth-order valence-electron chi connectivity index (χ4n) is 3.29. The molecule has 148 valence electrons. The van der Waals surface area contributed by atoms with Gasteiger partial charge in [0.05, 0.1) is 11.8 Å². The van der Waals surface area contributed by atoms with Crippen LogP contribution >= 0.6 is 12.2 Å². The molecule has 0 saturated carbocycles. The van der Waals surface area contributed by atoms with Gasteiger partial charge in [0.1, 0.15) is 5.56 Å². The molecular weight excluding hydrogens is 378 g/mol. The normalized spacial score (nSPS) is 16.2. The van der Waals surface area contributed by atoms with Crippen molar-refractivity contribution in [2.45, 2.75) is 19.4 Å². The Bertz CT molecular complexity index is 1080. The van der Waals surface area contributed by atoms with E-state index in [0.29, 0.717) is 12.1 Å². The van der Waals surface area contributed by atoms with Gasteiger partial charge in [0, 0.05) is 47.2 Å². The molecule has 0 aliphatic carbocycles. The first kappa shape index (κ1) is 19.8. The van der Waals surface area contributed by atoms with Gasteiger partial charge in [-0.05, 0) is 29.9 Å². The lowest BCUT2D eigenvalue weighted by Crippen LogP contribution is -2.28. The molecule has 3 rings (SSSR count). The molecule has 1 aliphatic rings. The highest BCUT2D eigenvalue weighted by Crippen LogP contribution is 2.34. The van der Waals surface area contributed by atoms with Crippen molar-refractivity contribution >= 4 is 29.5 Å². The summed E-state index contributed by atoms with van der Waals surface area (Å²) in [5, 5.41) is 16.3. The summed E-state index contributed by atoms with van der Waals surface area (Å²) < 4.78 is 2.83. The number of aromatic hydroxyl groups is 1. The largest absolute Gasteiger partial charge is 0.494 e. The van der Waals surface area contributed by atoms with E-state index in [4.69, 9.17) is 12.2 Å². The summed E-state index contributed by atoms with van der Waals surface area (Å²) in [6.07, 6.45) is 0.320. The predicted octanol–water partition coefficient (Wildman–Crippen LogP) is 1.92. The van der Waals surface area contributed by atoms with Crippen LogP contribution in [0.2, 0.25) is 0 Å². The molecular formula is C19H23N5O3S. The second kappa shape index (κ2) is 7.23. The van der Waals surface area contributed by atoms with Crippen molar-refractivity contribution in [3.63, 3.8) is 0 Å². The summed E-state index contributed by atoms with van der Waals surface area (Å²) in [5.41, 5.74) is 1.93. The van der Waals surface area contributed by atoms with Crippen LogP contribution in [0.15, 0.2) is 34.2 Å². The van der Waals surface area contributed by atoms with Gasteiger partial charge in [-0.1, -0.05) is 12.1 Å². The highest BCUT2D eigenvalue weighted by molar-refractivity contribution is 7.71. The molecule has 1 amide bonds. The number of anilines is 1. The molecule has 8 nitrogen and oxygen atoms in total. The minimum absolute atomic E-state index is 0.0669. The summed E-state index contributed by atoms with van der Waals surface area (Å²) in [4.78, 5) is 26.9. The zero-order valence-electron chi connectivity index (χ0n) is 16.5. The van der Waals surface area contributed by atoms with Crippen molar-refractivity contribution in [1.29, 1.82) is 0 Å². The number of nitrogens with zero attached hydrogens (tertiary/aromatic N) is 5. The Morgan fingerprint density at radius 3 is 2.36 bits per heavy atom. The Morgan fingerprint density at radius 2 is 1.82 bits per heavy atom. The number of aromatic nitrogens is 2. The molecule has 0 fully saturated rings. The van der Waals surface area contributed by atoms with Gasteiger partial charge in [-0.25, -0.2) is 5.01 Å². The van der Waals surface area contributed by atoms with Crippen molar-refractivity contribution < 1.29 is 9.90 Å². The van der Waals surface area contributed by atoms with Gasteiger partial charge >= 0.3 is 0 Å². The Labute approximate surface area is 167 Å². The molecule has 9 heteroatoms. The standard InChI is InChI=1S/C19H23N5O3S/c1-11(25)24-15(12-6-8-13(9-7-12)21(2)3)10-14(20-24)16-17(26)22(4)19(28)23(5)18(16)27/h6-9,15,26H,10H2,1-5H3/t15-/m0/s1. The van der Waals surface area contributed by atoms with E-state index in [1.165, 1.54) is 21.1 Å². The highest BCUT2D eigenvalue weighted by atomic mass is 32.1. The van der Waals surface area contributed by atoms with Gasteiger partial charge in [-0.2, -0.15) is 5.10 Å². The first-order valence-electron chi connectivity index (χ1n) is 8.77. The first-order chi connectivity index (χ1) is 13.1. The monoisotopic (exact) mass is 401 g/mol. The summed E-state index contributed by atoms with van der Waals surface area (Å²) >= 11 is 5.16. The van der Waals surface area contributed by atoms with Gasteiger partial charge in [0.15, 0.2) is 4.77 Å². The summed E-state index contributed by atoms with van der Waals surface area (Å²) in [6.45, 7) is 1.43. The van der Waals surface area contributed by atoms with E-state index >= 15 is 0 Å². The zero-order chi connectivity index (χ0) is 20.7. The fourth-order valence-corrected chi connectivity index (χ4v) is 3.46. The second-order valence-corrected chi connectivity index (χ2v) is 7.39. The van der Waals surface area contributed by atoms with E-state index in [-0.39, 0.29) is 28.2 Å². The molecule has 0 saturated heterocycles.